The molecule has 3 N–H and O–H groups in total. The second kappa shape index (κ2) is 5.98. The standard InChI is InChI=1S/C22H24ClFN2O/c1-10-8-14(13-6-7-15(24)16-11(2)9-25-20(13)16)18(23)17-12(3)21(27)22(4,5)26-19(10)17/h6-9,12,21,25-27H,1-5H3. The van der Waals surface area contributed by atoms with Gasteiger partial charge in [0.05, 0.1) is 22.2 Å². The minimum Gasteiger partial charge on any atom is -0.390 e. The van der Waals surface area contributed by atoms with Crippen LogP contribution in [0.5, 0.6) is 0 Å². The molecule has 142 valence electrons. The van der Waals surface area contributed by atoms with Crippen LogP contribution in [0.1, 0.15) is 43.4 Å². The Morgan fingerprint density at radius 1 is 1.15 bits per heavy atom. The topological polar surface area (TPSA) is 48.0 Å². The van der Waals surface area contributed by atoms with E-state index in [-0.39, 0.29) is 11.7 Å². The van der Waals surface area contributed by atoms with Crippen LogP contribution in [0.15, 0.2) is 24.4 Å². The largest absolute Gasteiger partial charge is 0.390 e. The first-order valence-corrected chi connectivity index (χ1v) is 9.57. The molecule has 2 atom stereocenters. The Morgan fingerprint density at radius 2 is 1.85 bits per heavy atom. The summed E-state index contributed by atoms with van der Waals surface area (Å²) in [5, 5.41) is 15.4. The second-order valence-corrected chi connectivity index (χ2v) is 8.62. The number of fused-ring (bicyclic) bond motifs is 2. The fourth-order valence-electron chi connectivity index (χ4n) is 4.38. The van der Waals surface area contributed by atoms with E-state index in [1.165, 1.54) is 6.07 Å². The molecule has 3 aromatic rings. The summed E-state index contributed by atoms with van der Waals surface area (Å²) in [6, 6.07) is 5.29. The number of hydrogen-bond donors (Lipinski definition) is 3. The molecule has 0 fully saturated rings. The first kappa shape index (κ1) is 18.3. The van der Waals surface area contributed by atoms with E-state index in [1.807, 2.05) is 46.9 Å². The molecule has 0 bridgehead atoms. The number of aliphatic hydroxyl groups is 1. The lowest BCUT2D eigenvalue weighted by Gasteiger charge is -2.43. The summed E-state index contributed by atoms with van der Waals surface area (Å²) < 4.78 is 14.3. The van der Waals surface area contributed by atoms with E-state index in [9.17, 15) is 9.50 Å². The van der Waals surface area contributed by atoms with Gasteiger partial charge >= 0.3 is 0 Å². The van der Waals surface area contributed by atoms with E-state index in [2.05, 4.69) is 10.3 Å². The van der Waals surface area contributed by atoms with E-state index >= 15 is 0 Å². The molecular weight excluding hydrogens is 363 g/mol. The Kier molecular flexibility index (Phi) is 4.06. The van der Waals surface area contributed by atoms with Gasteiger partial charge in [0.1, 0.15) is 5.82 Å². The summed E-state index contributed by atoms with van der Waals surface area (Å²) >= 11 is 6.87. The SMILES string of the molecule is Cc1cc(-c2ccc(F)c3c(C)c[nH]c23)c(Cl)c2c1NC(C)(C)C(O)C2C. The van der Waals surface area contributed by atoms with Crippen LogP contribution >= 0.6 is 11.6 Å². The zero-order valence-electron chi connectivity index (χ0n) is 16.2. The highest BCUT2D eigenvalue weighted by molar-refractivity contribution is 6.35. The molecule has 0 radical (unpaired) electrons. The van der Waals surface area contributed by atoms with E-state index < -0.39 is 11.6 Å². The first-order chi connectivity index (χ1) is 12.6. The lowest BCUT2D eigenvalue weighted by atomic mass is 9.77. The van der Waals surface area contributed by atoms with Crippen molar-refractivity contribution in [3.05, 3.63) is 51.9 Å². The first-order valence-electron chi connectivity index (χ1n) is 9.19. The van der Waals surface area contributed by atoms with Gasteiger partial charge in [-0.05, 0) is 57.0 Å². The lowest BCUT2D eigenvalue weighted by Crippen LogP contribution is -2.50. The van der Waals surface area contributed by atoms with Crippen molar-refractivity contribution < 1.29 is 9.50 Å². The molecule has 1 aromatic heterocycles. The van der Waals surface area contributed by atoms with Crippen molar-refractivity contribution in [2.45, 2.75) is 52.2 Å². The quantitative estimate of drug-likeness (QED) is 0.486. The van der Waals surface area contributed by atoms with Crippen LogP contribution in [0.4, 0.5) is 10.1 Å². The molecule has 1 aliphatic heterocycles. The third kappa shape index (κ3) is 2.58. The summed E-state index contributed by atoms with van der Waals surface area (Å²) in [4.78, 5) is 3.19. The molecule has 4 rings (SSSR count). The molecule has 0 amide bonds. The Morgan fingerprint density at radius 3 is 2.56 bits per heavy atom. The van der Waals surface area contributed by atoms with Crippen molar-refractivity contribution >= 4 is 28.2 Å². The van der Waals surface area contributed by atoms with E-state index in [0.29, 0.717) is 10.4 Å². The van der Waals surface area contributed by atoms with Crippen LogP contribution in [-0.2, 0) is 0 Å². The maximum Gasteiger partial charge on any atom is 0.132 e. The van der Waals surface area contributed by atoms with Crippen molar-refractivity contribution in [1.29, 1.82) is 0 Å². The maximum atomic E-state index is 14.3. The molecule has 2 unspecified atom stereocenters. The zero-order chi connectivity index (χ0) is 19.7. The van der Waals surface area contributed by atoms with Gasteiger partial charge < -0.3 is 15.4 Å². The number of rotatable bonds is 1. The Balaban J connectivity index is 2.01. The summed E-state index contributed by atoms with van der Waals surface area (Å²) in [6.45, 7) is 9.90. The molecule has 0 aliphatic carbocycles. The average molecular weight is 387 g/mol. The number of nitrogens with one attached hydrogen (secondary N) is 2. The van der Waals surface area contributed by atoms with Crippen LogP contribution in [-0.4, -0.2) is 21.7 Å². The third-order valence-corrected chi connectivity index (χ3v) is 6.29. The maximum absolute atomic E-state index is 14.3. The fourth-order valence-corrected chi connectivity index (χ4v) is 4.80. The summed E-state index contributed by atoms with van der Waals surface area (Å²) in [5.41, 5.74) is 5.82. The van der Waals surface area contributed by atoms with Gasteiger partial charge in [-0.3, -0.25) is 0 Å². The normalized spacial score (nSPS) is 21.2. The van der Waals surface area contributed by atoms with Gasteiger partial charge in [-0.25, -0.2) is 4.39 Å². The number of anilines is 1. The van der Waals surface area contributed by atoms with Gasteiger partial charge in [-0.2, -0.15) is 0 Å². The second-order valence-electron chi connectivity index (χ2n) is 8.24. The molecule has 0 spiro atoms. The predicted octanol–water partition coefficient (Wildman–Crippen LogP) is 5.91. The molecule has 0 saturated carbocycles. The number of H-pyrrole nitrogens is 1. The number of benzene rings is 2. The lowest BCUT2D eigenvalue weighted by molar-refractivity contribution is 0.0869. The number of aromatic amines is 1. The van der Waals surface area contributed by atoms with Crippen LogP contribution in [0.25, 0.3) is 22.0 Å². The number of aromatic nitrogens is 1. The number of aryl methyl sites for hydroxylation is 2. The van der Waals surface area contributed by atoms with Gasteiger partial charge in [0.2, 0.25) is 0 Å². The number of halogens is 2. The van der Waals surface area contributed by atoms with E-state index in [4.69, 9.17) is 11.6 Å². The van der Waals surface area contributed by atoms with Crippen molar-refractivity contribution in [2.75, 3.05) is 5.32 Å². The molecule has 3 nitrogen and oxygen atoms in total. The van der Waals surface area contributed by atoms with Crippen LogP contribution in [0.2, 0.25) is 5.02 Å². The molecule has 2 aromatic carbocycles. The molecule has 2 heterocycles. The number of aliphatic hydroxyl groups excluding tert-OH is 1. The number of hydrogen-bond acceptors (Lipinski definition) is 2. The molecular formula is C22H24ClFN2O. The van der Waals surface area contributed by atoms with Gasteiger partial charge in [-0.1, -0.05) is 18.5 Å². The van der Waals surface area contributed by atoms with E-state index in [0.717, 1.165) is 39.0 Å². The molecule has 27 heavy (non-hydrogen) atoms. The van der Waals surface area contributed by atoms with Crippen LogP contribution in [0, 0.1) is 19.7 Å². The zero-order valence-corrected chi connectivity index (χ0v) is 16.9. The van der Waals surface area contributed by atoms with Gasteiger partial charge in [-0.15, -0.1) is 0 Å². The Labute approximate surface area is 163 Å². The summed E-state index contributed by atoms with van der Waals surface area (Å²) in [6.07, 6.45) is 1.24. The Hall–Kier alpha value is -2.04. The van der Waals surface area contributed by atoms with Crippen LogP contribution in [0.3, 0.4) is 0 Å². The Bertz CT molecular complexity index is 1070. The molecule has 5 heteroatoms. The minimum atomic E-state index is -0.571. The van der Waals surface area contributed by atoms with Crippen molar-refractivity contribution in [2.24, 2.45) is 0 Å². The molecule has 1 aliphatic rings. The van der Waals surface area contributed by atoms with Crippen LogP contribution < -0.4 is 5.32 Å². The molecule has 0 saturated heterocycles. The minimum absolute atomic E-state index is 0.122. The van der Waals surface area contributed by atoms with Crippen molar-refractivity contribution in [3.63, 3.8) is 0 Å². The van der Waals surface area contributed by atoms with Gasteiger partial charge in [0, 0.05) is 39.9 Å². The third-order valence-electron chi connectivity index (χ3n) is 5.89. The van der Waals surface area contributed by atoms with Gasteiger partial charge in [0.25, 0.3) is 0 Å². The van der Waals surface area contributed by atoms with Gasteiger partial charge in [0.15, 0.2) is 0 Å². The highest BCUT2D eigenvalue weighted by atomic mass is 35.5. The van der Waals surface area contributed by atoms with E-state index in [1.54, 1.807) is 6.07 Å². The summed E-state index contributed by atoms with van der Waals surface area (Å²) in [5.74, 6) is -0.366. The predicted molar refractivity (Wildman–Crippen MR) is 110 cm³/mol. The monoisotopic (exact) mass is 386 g/mol. The highest BCUT2D eigenvalue weighted by Crippen LogP contribution is 2.48. The smallest absolute Gasteiger partial charge is 0.132 e. The average Bonchev–Trinajstić information content (AvgIpc) is 2.99. The van der Waals surface area contributed by atoms with Crippen molar-refractivity contribution in [3.8, 4) is 11.1 Å². The summed E-state index contributed by atoms with van der Waals surface area (Å²) in [7, 11) is 0. The van der Waals surface area contributed by atoms with Crippen molar-refractivity contribution in [1.82, 2.24) is 4.98 Å². The fraction of sp³-hybridized carbons (Fsp3) is 0.364. The highest BCUT2D eigenvalue weighted by Gasteiger charge is 2.40.